The minimum Gasteiger partial charge on any atom is -0.435 e. The molecule has 212 valence electrons. The minimum absolute atomic E-state index is 0.0672. The Hall–Kier alpha value is -3.46. The Bertz CT molecular complexity index is 1250. The average molecular weight is 550 g/mol. The molecule has 0 bridgehead atoms. The Morgan fingerprint density at radius 2 is 1.92 bits per heavy atom. The monoisotopic (exact) mass is 549 g/mol. The molecule has 1 aromatic carbocycles. The molecule has 39 heavy (non-hydrogen) atoms. The summed E-state index contributed by atoms with van der Waals surface area (Å²) in [6.45, 7) is -0.625. The van der Waals surface area contributed by atoms with Gasteiger partial charge in [0.25, 0.3) is 0 Å². The lowest BCUT2D eigenvalue weighted by atomic mass is 9.89. The molecule has 3 heterocycles. The van der Waals surface area contributed by atoms with Gasteiger partial charge in [0.15, 0.2) is 17.7 Å². The topological polar surface area (TPSA) is 184 Å². The predicted molar refractivity (Wildman–Crippen MR) is 136 cm³/mol. The maximum atomic E-state index is 12.5. The number of hydrogen-bond acceptors (Lipinski definition) is 10. The molecule has 1 amide bonds. The number of benzene rings is 1. The Kier molecular flexibility index (Phi) is 9.22. The van der Waals surface area contributed by atoms with Gasteiger partial charge in [-0.2, -0.15) is 8.78 Å². The first-order valence-corrected chi connectivity index (χ1v) is 12.7. The van der Waals surface area contributed by atoms with Crippen LogP contribution in [0.15, 0.2) is 36.9 Å². The van der Waals surface area contributed by atoms with Crippen LogP contribution < -0.4 is 21.5 Å². The van der Waals surface area contributed by atoms with E-state index < -0.39 is 37.2 Å². The highest BCUT2D eigenvalue weighted by molar-refractivity contribution is 5.81. The fourth-order valence-corrected chi connectivity index (χ4v) is 4.79. The van der Waals surface area contributed by atoms with Gasteiger partial charge < -0.3 is 36.5 Å². The van der Waals surface area contributed by atoms with Crippen LogP contribution in [0.5, 0.6) is 5.75 Å². The largest absolute Gasteiger partial charge is 0.435 e. The van der Waals surface area contributed by atoms with E-state index in [9.17, 15) is 23.8 Å². The van der Waals surface area contributed by atoms with E-state index >= 15 is 0 Å². The SMILES string of the molecule is CC[C@@H](CC[C@H](N)C(=O)NCCc1ccc(OC(F)F)cc1)[C@H]1O[C@@H](n2cnc3c(N)ncnc32)[C@@H](O)C1O. The number of ether oxygens (including phenoxy) is 2. The first-order chi connectivity index (χ1) is 18.7. The second kappa shape index (κ2) is 12.6. The molecular weight excluding hydrogens is 516 g/mol. The van der Waals surface area contributed by atoms with E-state index in [1.807, 2.05) is 6.92 Å². The van der Waals surface area contributed by atoms with Crippen molar-refractivity contribution in [2.75, 3.05) is 12.3 Å². The molecule has 14 heteroatoms. The van der Waals surface area contributed by atoms with E-state index in [-0.39, 0.29) is 23.4 Å². The molecule has 2 aromatic heterocycles. The molecule has 4 rings (SSSR count). The molecule has 3 aromatic rings. The number of rotatable bonds is 12. The molecule has 0 radical (unpaired) electrons. The molecule has 1 saturated heterocycles. The summed E-state index contributed by atoms with van der Waals surface area (Å²) >= 11 is 0. The molecule has 0 spiro atoms. The highest BCUT2D eigenvalue weighted by atomic mass is 19.3. The van der Waals surface area contributed by atoms with Gasteiger partial charge in [-0.3, -0.25) is 9.36 Å². The van der Waals surface area contributed by atoms with Gasteiger partial charge in [0.05, 0.1) is 18.5 Å². The summed E-state index contributed by atoms with van der Waals surface area (Å²) in [4.78, 5) is 24.8. The fraction of sp³-hybridized carbons (Fsp3) is 0.520. The minimum atomic E-state index is -2.88. The molecule has 12 nitrogen and oxygen atoms in total. The normalized spacial score (nSPS) is 22.7. The number of carbonyl (C=O) groups excluding carboxylic acids is 1. The summed E-state index contributed by atoms with van der Waals surface area (Å²) in [6.07, 6.45) is 0.647. The number of alkyl halides is 2. The highest BCUT2D eigenvalue weighted by Crippen LogP contribution is 2.37. The summed E-state index contributed by atoms with van der Waals surface area (Å²) < 4.78 is 36.5. The van der Waals surface area contributed by atoms with Gasteiger partial charge in [0, 0.05) is 6.54 Å². The van der Waals surface area contributed by atoms with Crippen LogP contribution >= 0.6 is 0 Å². The third-order valence-electron chi connectivity index (χ3n) is 6.97. The molecule has 0 saturated carbocycles. The molecule has 7 N–H and O–H groups in total. The van der Waals surface area contributed by atoms with Crippen molar-refractivity contribution in [2.24, 2.45) is 11.7 Å². The molecule has 0 aliphatic carbocycles. The van der Waals surface area contributed by atoms with Crippen LogP contribution in [0.25, 0.3) is 11.2 Å². The number of amides is 1. The number of carbonyl (C=O) groups is 1. The zero-order chi connectivity index (χ0) is 28.1. The molecular formula is C25H33F2N7O5. The van der Waals surface area contributed by atoms with Crippen LogP contribution in [0.4, 0.5) is 14.6 Å². The number of nitrogens with zero attached hydrogens (tertiary/aromatic N) is 4. The number of nitrogen functional groups attached to an aromatic ring is 1. The van der Waals surface area contributed by atoms with Crippen molar-refractivity contribution in [3.05, 3.63) is 42.5 Å². The van der Waals surface area contributed by atoms with E-state index in [0.717, 1.165) is 5.56 Å². The number of nitrogens with two attached hydrogens (primary N) is 2. The number of aliphatic hydroxyl groups is 2. The van der Waals surface area contributed by atoms with Crippen molar-refractivity contribution in [3.63, 3.8) is 0 Å². The maximum Gasteiger partial charge on any atom is 0.387 e. The van der Waals surface area contributed by atoms with Crippen molar-refractivity contribution < 1.29 is 33.3 Å². The summed E-state index contributed by atoms with van der Waals surface area (Å²) in [6, 6.07) is 5.41. The Morgan fingerprint density at radius 3 is 2.62 bits per heavy atom. The van der Waals surface area contributed by atoms with Gasteiger partial charge in [0.2, 0.25) is 5.91 Å². The first kappa shape index (κ1) is 28.5. The highest BCUT2D eigenvalue weighted by Gasteiger charge is 2.47. The van der Waals surface area contributed by atoms with E-state index in [1.54, 1.807) is 12.1 Å². The van der Waals surface area contributed by atoms with Crippen LogP contribution in [0.3, 0.4) is 0 Å². The molecule has 1 aliphatic heterocycles. The van der Waals surface area contributed by atoms with Crippen molar-refractivity contribution >= 4 is 22.9 Å². The number of aliphatic hydroxyl groups excluding tert-OH is 2. The van der Waals surface area contributed by atoms with Gasteiger partial charge >= 0.3 is 6.61 Å². The number of anilines is 1. The number of imidazole rings is 1. The number of aromatic nitrogens is 4. The van der Waals surface area contributed by atoms with Gasteiger partial charge in [-0.15, -0.1) is 0 Å². The van der Waals surface area contributed by atoms with E-state index in [0.29, 0.717) is 43.4 Å². The van der Waals surface area contributed by atoms with Crippen molar-refractivity contribution in [2.45, 2.75) is 69.8 Å². The third kappa shape index (κ3) is 6.58. The summed E-state index contributed by atoms with van der Waals surface area (Å²) in [5.41, 5.74) is 13.6. The second-order valence-electron chi connectivity index (χ2n) is 9.47. The van der Waals surface area contributed by atoms with Crippen LogP contribution in [-0.4, -0.2) is 73.1 Å². The van der Waals surface area contributed by atoms with E-state index in [4.69, 9.17) is 16.2 Å². The molecule has 1 unspecified atom stereocenters. The maximum absolute atomic E-state index is 12.5. The standard InChI is InChI=1S/C25H33F2N7O5/c1-2-14(5-8-16(28)23(37)30-10-9-13-3-6-15(7-4-13)38-25(26)27)20-18(35)19(36)24(39-20)34-12-33-17-21(29)31-11-32-22(17)34/h3-4,6-7,11-12,14,16,18-20,24-25,35-36H,2,5,8-10,28H2,1H3,(H,30,37)(H2,29,31,32)/t14-,16-,18?,19-,20+,24+/m0/s1. The predicted octanol–water partition coefficient (Wildman–Crippen LogP) is 1.12. The Balaban J connectivity index is 1.28. The lowest BCUT2D eigenvalue weighted by Gasteiger charge is -2.25. The van der Waals surface area contributed by atoms with Gasteiger partial charge in [0.1, 0.15) is 29.8 Å². The quantitative estimate of drug-likeness (QED) is 0.219. The van der Waals surface area contributed by atoms with Gasteiger partial charge in [-0.05, 0) is 42.9 Å². The Labute approximate surface area is 223 Å². The van der Waals surface area contributed by atoms with E-state index in [2.05, 4.69) is 25.0 Å². The fourth-order valence-electron chi connectivity index (χ4n) is 4.79. The van der Waals surface area contributed by atoms with Crippen LogP contribution in [0.1, 0.15) is 38.0 Å². The third-order valence-corrected chi connectivity index (χ3v) is 6.97. The molecule has 6 atom stereocenters. The summed E-state index contributed by atoms with van der Waals surface area (Å²) in [5, 5.41) is 24.3. The summed E-state index contributed by atoms with van der Waals surface area (Å²) in [5.74, 6) is -0.241. The van der Waals surface area contributed by atoms with Gasteiger partial charge in [-0.25, -0.2) is 15.0 Å². The van der Waals surface area contributed by atoms with Crippen LogP contribution in [0.2, 0.25) is 0 Å². The first-order valence-electron chi connectivity index (χ1n) is 12.7. The average Bonchev–Trinajstić information content (AvgIpc) is 3.47. The molecule has 1 aliphatic rings. The second-order valence-corrected chi connectivity index (χ2v) is 9.47. The van der Waals surface area contributed by atoms with Crippen molar-refractivity contribution in [1.29, 1.82) is 0 Å². The lowest BCUT2D eigenvalue weighted by Crippen LogP contribution is -2.42. The molecule has 1 fully saturated rings. The number of fused-ring (bicyclic) bond motifs is 1. The number of nitrogens with one attached hydrogen (secondary N) is 1. The number of hydrogen-bond donors (Lipinski definition) is 5. The van der Waals surface area contributed by atoms with Crippen molar-refractivity contribution in [3.8, 4) is 5.75 Å². The number of halogens is 2. The zero-order valence-corrected chi connectivity index (χ0v) is 21.4. The summed E-state index contributed by atoms with van der Waals surface area (Å²) in [7, 11) is 0. The smallest absolute Gasteiger partial charge is 0.387 e. The van der Waals surface area contributed by atoms with Gasteiger partial charge in [-0.1, -0.05) is 25.5 Å². The van der Waals surface area contributed by atoms with E-state index in [1.165, 1.54) is 29.4 Å². The van der Waals surface area contributed by atoms with Crippen LogP contribution in [0, 0.1) is 5.92 Å². The zero-order valence-electron chi connectivity index (χ0n) is 21.4. The van der Waals surface area contributed by atoms with Crippen LogP contribution in [-0.2, 0) is 16.0 Å². The van der Waals surface area contributed by atoms with Crippen molar-refractivity contribution in [1.82, 2.24) is 24.8 Å². The lowest BCUT2D eigenvalue weighted by molar-refractivity contribution is -0.122. The Morgan fingerprint density at radius 1 is 1.18 bits per heavy atom.